The highest BCUT2D eigenvalue weighted by Crippen LogP contribution is 2.19. The van der Waals surface area contributed by atoms with Gasteiger partial charge in [0.2, 0.25) is 0 Å². The van der Waals surface area contributed by atoms with Crippen LogP contribution >= 0.6 is 22.9 Å². The van der Waals surface area contributed by atoms with Gasteiger partial charge in [0.25, 0.3) is 0 Å². The summed E-state index contributed by atoms with van der Waals surface area (Å²) in [5.74, 6) is -0.354. The van der Waals surface area contributed by atoms with Crippen molar-refractivity contribution in [2.75, 3.05) is 25.6 Å². The topological polar surface area (TPSA) is 60.5 Å². The summed E-state index contributed by atoms with van der Waals surface area (Å²) in [6.07, 6.45) is 1.74. The third kappa shape index (κ3) is 5.00. The molecule has 0 saturated carbocycles. The van der Waals surface area contributed by atoms with Crippen molar-refractivity contribution < 1.29 is 14.3 Å². The van der Waals surface area contributed by atoms with Crippen LogP contribution in [0, 0.1) is 0 Å². The van der Waals surface area contributed by atoms with Gasteiger partial charge < -0.3 is 14.8 Å². The number of methoxy groups -OCH3 is 1. The van der Waals surface area contributed by atoms with Crippen LogP contribution in [0.4, 0.5) is 5.69 Å². The van der Waals surface area contributed by atoms with E-state index in [-0.39, 0.29) is 12.6 Å². The van der Waals surface area contributed by atoms with Crippen LogP contribution < -0.4 is 5.32 Å². The van der Waals surface area contributed by atoms with E-state index >= 15 is 0 Å². The number of ether oxygens (including phenoxy) is 2. The minimum atomic E-state index is -0.354. The second-order valence-corrected chi connectivity index (χ2v) is 5.84. The summed E-state index contributed by atoms with van der Waals surface area (Å²) < 4.78 is 10.4. The van der Waals surface area contributed by atoms with Gasteiger partial charge >= 0.3 is 5.97 Å². The van der Waals surface area contributed by atoms with Gasteiger partial charge in [0.05, 0.1) is 18.7 Å². The minimum absolute atomic E-state index is 0.251. The van der Waals surface area contributed by atoms with Crippen LogP contribution in [0.1, 0.15) is 15.2 Å². The lowest BCUT2D eigenvalue weighted by Crippen LogP contribution is -2.09. The number of aromatic nitrogens is 1. The predicted molar refractivity (Wildman–Crippen MR) is 83.1 cm³/mol. The molecule has 0 amide bonds. The SMILES string of the molecule is COCCOC(=O)c1ccc(NCc2cnc(Cl)s2)cc1. The van der Waals surface area contributed by atoms with E-state index in [9.17, 15) is 4.79 Å². The summed E-state index contributed by atoms with van der Waals surface area (Å²) in [5.41, 5.74) is 1.42. The number of carbonyl (C=O) groups is 1. The van der Waals surface area contributed by atoms with Crippen molar-refractivity contribution >= 4 is 34.6 Å². The first-order chi connectivity index (χ1) is 10.2. The van der Waals surface area contributed by atoms with Crippen molar-refractivity contribution in [3.05, 3.63) is 45.4 Å². The Morgan fingerprint density at radius 1 is 1.33 bits per heavy atom. The number of anilines is 1. The average Bonchev–Trinajstić information content (AvgIpc) is 2.91. The van der Waals surface area contributed by atoms with Crippen molar-refractivity contribution in [3.63, 3.8) is 0 Å². The molecule has 0 aliphatic rings. The van der Waals surface area contributed by atoms with Gasteiger partial charge in [-0.2, -0.15) is 0 Å². The van der Waals surface area contributed by atoms with Crippen LogP contribution in [0.3, 0.4) is 0 Å². The summed E-state index contributed by atoms with van der Waals surface area (Å²) in [7, 11) is 1.56. The number of hydrogen-bond donors (Lipinski definition) is 1. The minimum Gasteiger partial charge on any atom is -0.460 e. The molecule has 1 aromatic carbocycles. The smallest absolute Gasteiger partial charge is 0.338 e. The van der Waals surface area contributed by atoms with Crippen molar-refractivity contribution in [2.45, 2.75) is 6.54 Å². The van der Waals surface area contributed by atoms with E-state index in [4.69, 9.17) is 21.1 Å². The zero-order valence-corrected chi connectivity index (χ0v) is 13.0. The number of nitrogens with zero attached hydrogens (tertiary/aromatic N) is 1. The number of halogens is 1. The van der Waals surface area contributed by atoms with Crippen LogP contribution in [0.25, 0.3) is 0 Å². The molecule has 0 spiro atoms. The summed E-state index contributed by atoms with van der Waals surface area (Å²) >= 11 is 7.20. The van der Waals surface area contributed by atoms with E-state index in [0.29, 0.717) is 23.2 Å². The zero-order chi connectivity index (χ0) is 15.1. The van der Waals surface area contributed by atoms with Crippen molar-refractivity contribution in [1.29, 1.82) is 0 Å². The number of rotatable bonds is 7. The fraction of sp³-hybridized carbons (Fsp3) is 0.286. The molecule has 1 N–H and O–H groups in total. The molecule has 1 aromatic heterocycles. The van der Waals surface area contributed by atoms with Crippen molar-refractivity contribution in [3.8, 4) is 0 Å². The maximum absolute atomic E-state index is 11.7. The highest BCUT2D eigenvalue weighted by Gasteiger charge is 2.06. The summed E-state index contributed by atoms with van der Waals surface area (Å²) in [5, 5.41) is 3.23. The lowest BCUT2D eigenvalue weighted by Gasteiger charge is -2.07. The first-order valence-electron chi connectivity index (χ1n) is 6.29. The molecule has 0 saturated heterocycles. The largest absolute Gasteiger partial charge is 0.460 e. The van der Waals surface area contributed by atoms with Gasteiger partial charge in [-0.3, -0.25) is 0 Å². The molecular weight excluding hydrogens is 312 g/mol. The van der Waals surface area contributed by atoms with E-state index in [1.807, 2.05) is 12.1 Å². The van der Waals surface area contributed by atoms with Crippen molar-refractivity contribution in [1.82, 2.24) is 4.98 Å². The number of carbonyl (C=O) groups excluding carboxylic acids is 1. The molecule has 0 aliphatic carbocycles. The third-order valence-corrected chi connectivity index (χ3v) is 3.75. The normalized spacial score (nSPS) is 10.4. The lowest BCUT2D eigenvalue weighted by atomic mass is 10.2. The molecule has 0 atom stereocenters. The third-order valence-electron chi connectivity index (χ3n) is 2.63. The highest BCUT2D eigenvalue weighted by atomic mass is 35.5. The maximum atomic E-state index is 11.7. The monoisotopic (exact) mass is 326 g/mol. The number of hydrogen-bond acceptors (Lipinski definition) is 6. The number of thiazole rings is 1. The standard InChI is InChI=1S/C14H15ClN2O3S/c1-19-6-7-20-13(18)10-2-4-11(5-3-10)16-8-12-9-17-14(15)21-12/h2-5,9,16H,6-8H2,1H3. The fourth-order valence-electron chi connectivity index (χ4n) is 1.58. The molecule has 2 rings (SSSR count). The molecule has 5 nitrogen and oxygen atoms in total. The summed E-state index contributed by atoms with van der Waals surface area (Å²) in [4.78, 5) is 16.7. The van der Waals surface area contributed by atoms with E-state index in [2.05, 4.69) is 10.3 Å². The van der Waals surface area contributed by atoms with Crippen LogP contribution in [0.5, 0.6) is 0 Å². The van der Waals surface area contributed by atoms with Gasteiger partial charge in [-0.1, -0.05) is 11.6 Å². The molecule has 0 fully saturated rings. The van der Waals surface area contributed by atoms with E-state index in [1.165, 1.54) is 11.3 Å². The van der Waals surface area contributed by atoms with Gasteiger partial charge in [0, 0.05) is 23.9 Å². The maximum Gasteiger partial charge on any atom is 0.338 e. The van der Waals surface area contributed by atoms with Crippen LogP contribution in [-0.4, -0.2) is 31.3 Å². The Morgan fingerprint density at radius 2 is 2.10 bits per heavy atom. The van der Waals surface area contributed by atoms with Gasteiger partial charge in [-0.15, -0.1) is 11.3 Å². The fourth-order valence-corrected chi connectivity index (χ4v) is 2.50. The quantitative estimate of drug-likeness (QED) is 0.625. The second-order valence-electron chi connectivity index (χ2n) is 4.14. The molecule has 0 bridgehead atoms. The number of benzene rings is 1. The summed E-state index contributed by atoms with van der Waals surface area (Å²) in [6, 6.07) is 7.10. The lowest BCUT2D eigenvalue weighted by molar-refractivity contribution is 0.0388. The first kappa shape index (κ1) is 15.8. The molecule has 7 heteroatoms. The Kier molecular flexibility index (Phi) is 5.98. The van der Waals surface area contributed by atoms with Crippen LogP contribution in [-0.2, 0) is 16.0 Å². The van der Waals surface area contributed by atoms with E-state index in [1.54, 1.807) is 25.4 Å². The highest BCUT2D eigenvalue weighted by molar-refractivity contribution is 7.15. The Labute approximate surface area is 131 Å². The average molecular weight is 327 g/mol. The number of nitrogens with one attached hydrogen (secondary N) is 1. The van der Waals surface area contributed by atoms with Gasteiger partial charge in [-0.05, 0) is 24.3 Å². The Morgan fingerprint density at radius 3 is 2.71 bits per heavy atom. The second kappa shape index (κ2) is 7.97. The molecule has 1 heterocycles. The van der Waals surface area contributed by atoms with Crippen LogP contribution in [0.2, 0.25) is 4.47 Å². The Hall–Kier alpha value is -1.63. The van der Waals surface area contributed by atoms with Crippen LogP contribution in [0.15, 0.2) is 30.5 Å². The van der Waals surface area contributed by atoms with E-state index < -0.39 is 0 Å². The Balaban J connectivity index is 1.85. The molecule has 0 unspecified atom stereocenters. The molecule has 2 aromatic rings. The number of esters is 1. The molecule has 112 valence electrons. The van der Waals surface area contributed by atoms with E-state index in [0.717, 1.165) is 10.6 Å². The predicted octanol–water partition coefficient (Wildman–Crippen LogP) is 3.21. The Bertz CT molecular complexity index is 586. The van der Waals surface area contributed by atoms with Gasteiger partial charge in [-0.25, -0.2) is 9.78 Å². The van der Waals surface area contributed by atoms with Crippen molar-refractivity contribution in [2.24, 2.45) is 0 Å². The molecule has 21 heavy (non-hydrogen) atoms. The molecule has 0 radical (unpaired) electrons. The zero-order valence-electron chi connectivity index (χ0n) is 11.5. The molecule has 0 aliphatic heterocycles. The summed E-state index contributed by atoms with van der Waals surface area (Å²) in [6.45, 7) is 1.28. The first-order valence-corrected chi connectivity index (χ1v) is 7.48. The van der Waals surface area contributed by atoms with Gasteiger partial charge in [0.1, 0.15) is 6.61 Å². The molecular formula is C14H15ClN2O3S. The van der Waals surface area contributed by atoms with Gasteiger partial charge in [0.15, 0.2) is 4.47 Å².